The molecule has 1 aromatic carbocycles. The summed E-state index contributed by atoms with van der Waals surface area (Å²) >= 11 is 3.40. The van der Waals surface area contributed by atoms with E-state index >= 15 is 0 Å². The van der Waals surface area contributed by atoms with E-state index in [1.54, 1.807) is 20.2 Å². The van der Waals surface area contributed by atoms with Crippen molar-refractivity contribution in [3.8, 4) is 17.2 Å². The van der Waals surface area contributed by atoms with Gasteiger partial charge >= 0.3 is 0 Å². The Morgan fingerprint density at radius 1 is 1.59 bits per heavy atom. The molecule has 5 nitrogen and oxygen atoms in total. The minimum Gasteiger partial charge on any atom is -0.495 e. The van der Waals surface area contributed by atoms with E-state index in [0.717, 1.165) is 0 Å². The fourth-order valence-corrected chi connectivity index (χ4v) is 2.46. The lowest BCUT2D eigenvalue weighted by Gasteiger charge is -2.16. The van der Waals surface area contributed by atoms with Crippen molar-refractivity contribution in [2.24, 2.45) is 0 Å². The molecule has 0 saturated carbocycles. The molecule has 2 N–H and O–H groups in total. The Kier molecular flexibility index (Phi) is 3.76. The molecule has 1 aromatic rings. The Hall–Kier alpha value is -0.980. The first kappa shape index (κ1) is 12.5. The second-order valence-corrected chi connectivity index (χ2v) is 4.41. The zero-order valence-electron chi connectivity index (χ0n) is 9.62. The van der Waals surface area contributed by atoms with Gasteiger partial charge in [0, 0.05) is 12.1 Å². The van der Waals surface area contributed by atoms with Crippen molar-refractivity contribution >= 4 is 15.9 Å². The van der Waals surface area contributed by atoms with E-state index in [4.69, 9.17) is 14.2 Å². The highest BCUT2D eigenvalue weighted by atomic mass is 79.9. The molecule has 17 heavy (non-hydrogen) atoms. The zero-order chi connectivity index (χ0) is 12.4. The fraction of sp³-hybridized carbons (Fsp3) is 0.455. The summed E-state index contributed by atoms with van der Waals surface area (Å²) in [7, 11) is 3.33. The lowest BCUT2D eigenvalue weighted by molar-refractivity contribution is 0.170. The maximum atomic E-state index is 10.0. The van der Waals surface area contributed by atoms with Crippen LogP contribution in [0.15, 0.2) is 10.5 Å². The lowest BCUT2D eigenvalue weighted by atomic mass is 10.1. The molecule has 1 heterocycles. The molecule has 0 saturated heterocycles. The van der Waals surface area contributed by atoms with Crippen LogP contribution in [0.3, 0.4) is 0 Å². The molecule has 0 spiro atoms. The molecule has 0 bridgehead atoms. The Bertz CT molecular complexity index is 424. The number of aliphatic hydroxyl groups excluding tert-OH is 1. The molecular formula is C11H14BrNO4. The second kappa shape index (κ2) is 5.12. The summed E-state index contributed by atoms with van der Waals surface area (Å²) in [6, 6.07) is 1.74. The first-order chi connectivity index (χ1) is 8.19. The normalized spacial score (nSPS) is 14.8. The van der Waals surface area contributed by atoms with Crippen LogP contribution in [0.1, 0.15) is 11.7 Å². The van der Waals surface area contributed by atoms with Crippen molar-refractivity contribution in [1.82, 2.24) is 5.32 Å². The van der Waals surface area contributed by atoms with Gasteiger partial charge in [0.05, 0.1) is 13.2 Å². The maximum absolute atomic E-state index is 10.0. The lowest BCUT2D eigenvalue weighted by Crippen LogP contribution is -2.17. The van der Waals surface area contributed by atoms with E-state index in [1.165, 1.54) is 0 Å². The first-order valence-electron chi connectivity index (χ1n) is 5.17. The standard InChI is InChI=1S/C11H14BrNO4/c1-13-4-7(14)6-3-8-11(17-5-16-8)9(12)10(6)15-2/h3,7,13-14H,4-5H2,1-2H3. The van der Waals surface area contributed by atoms with Crippen molar-refractivity contribution in [2.75, 3.05) is 27.5 Å². The van der Waals surface area contributed by atoms with E-state index < -0.39 is 6.10 Å². The highest BCUT2D eigenvalue weighted by Crippen LogP contribution is 2.48. The van der Waals surface area contributed by atoms with E-state index in [2.05, 4.69) is 21.2 Å². The number of methoxy groups -OCH3 is 1. The third kappa shape index (κ3) is 2.20. The van der Waals surface area contributed by atoms with Gasteiger partial charge in [-0.1, -0.05) is 0 Å². The summed E-state index contributed by atoms with van der Waals surface area (Å²) in [4.78, 5) is 0. The molecule has 1 atom stereocenters. The van der Waals surface area contributed by atoms with Crippen LogP contribution in [-0.4, -0.2) is 32.6 Å². The Morgan fingerprint density at radius 3 is 3.00 bits per heavy atom. The molecule has 0 fully saturated rings. The highest BCUT2D eigenvalue weighted by Gasteiger charge is 2.26. The number of fused-ring (bicyclic) bond motifs is 1. The van der Waals surface area contributed by atoms with Crippen molar-refractivity contribution in [2.45, 2.75) is 6.10 Å². The number of likely N-dealkylation sites (N-methyl/N-ethyl adjacent to an activating group) is 1. The van der Waals surface area contributed by atoms with Crippen molar-refractivity contribution in [1.29, 1.82) is 0 Å². The SMILES string of the molecule is CNCC(O)c1cc2c(c(Br)c1OC)OCO2. The quantitative estimate of drug-likeness (QED) is 0.881. The van der Waals surface area contributed by atoms with Gasteiger partial charge in [0.1, 0.15) is 10.2 Å². The maximum Gasteiger partial charge on any atom is 0.231 e. The number of hydrogen-bond acceptors (Lipinski definition) is 5. The van der Waals surface area contributed by atoms with Crippen LogP contribution in [-0.2, 0) is 0 Å². The van der Waals surface area contributed by atoms with Crippen LogP contribution in [0.2, 0.25) is 0 Å². The molecule has 0 radical (unpaired) electrons. The average Bonchev–Trinajstić information content (AvgIpc) is 2.77. The third-order valence-electron chi connectivity index (χ3n) is 2.55. The number of nitrogens with one attached hydrogen (secondary N) is 1. The van der Waals surface area contributed by atoms with Crippen LogP contribution < -0.4 is 19.5 Å². The predicted molar refractivity (Wildman–Crippen MR) is 65.7 cm³/mol. The van der Waals surface area contributed by atoms with Gasteiger partial charge in [-0.2, -0.15) is 0 Å². The van der Waals surface area contributed by atoms with Crippen LogP contribution in [0.25, 0.3) is 0 Å². The molecule has 1 aliphatic heterocycles. The topological polar surface area (TPSA) is 60.0 Å². The molecule has 1 unspecified atom stereocenters. The molecule has 0 aliphatic carbocycles. The number of aliphatic hydroxyl groups is 1. The summed E-state index contributed by atoms with van der Waals surface area (Å²) in [5.41, 5.74) is 0.665. The van der Waals surface area contributed by atoms with Gasteiger partial charge in [-0.3, -0.25) is 0 Å². The minimum absolute atomic E-state index is 0.183. The molecule has 6 heteroatoms. The zero-order valence-corrected chi connectivity index (χ0v) is 11.2. The molecular weight excluding hydrogens is 290 g/mol. The largest absolute Gasteiger partial charge is 0.495 e. The summed E-state index contributed by atoms with van der Waals surface area (Å²) in [5, 5.41) is 12.9. The van der Waals surface area contributed by atoms with E-state index in [0.29, 0.717) is 33.8 Å². The van der Waals surface area contributed by atoms with Gasteiger partial charge in [0.15, 0.2) is 11.5 Å². The third-order valence-corrected chi connectivity index (χ3v) is 3.27. The molecule has 0 aromatic heterocycles. The predicted octanol–water partition coefficient (Wildman–Crippen LogP) is 1.44. The van der Waals surface area contributed by atoms with E-state index in [1.807, 2.05) is 0 Å². The van der Waals surface area contributed by atoms with E-state index in [9.17, 15) is 5.11 Å². The number of benzene rings is 1. The number of halogens is 1. The monoisotopic (exact) mass is 303 g/mol. The smallest absolute Gasteiger partial charge is 0.231 e. The molecule has 0 amide bonds. The van der Waals surface area contributed by atoms with Crippen LogP contribution in [0, 0.1) is 0 Å². The summed E-state index contributed by atoms with van der Waals surface area (Å²) in [5.74, 6) is 1.79. The van der Waals surface area contributed by atoms with Crippen LogP contribution >= 0.6 is 15.9 Å². The number of rotatable bonds is 4. The Morgan fingerprint density at radius 2 is 2.35 bits per heavy atom. The van der Waals surface area contributed by atoms with Crippen molar-refractivity contribution in [3.63, 3.8) is 0 Å². The molecule has 94 valence electrons. The second-order valence-electron chi connectivity index (χ2n) is 3.62. The van der Waals surface area contributed by atoms with Crippen LogP contribution in [0.4, 0.5) is 0 Å². The summed E-state index contributed by atoms with van der Waals surface area (Å²) in [6.45, 7) is 0.616. The Balaban J connectivity index is 2.47. The summed E-state index contributed by atoms with van der Waals surface area (Å²) in [6.07, 6.45) is -0.666. The number of hydrogen-bond donors (Lipinski definition) is 2. The summed E-state index contributed by atoms with van der Waals surface area (Å²) < 4.78 is 16.6. The number of ether oxygens (including phenoxy) is 3. The first-order valence-corrected chi connectivity index (χ1v) is 5.97. The highest BCUT2D eigenvalue weighted by molar-refractivity contribution is 9.10. The van der Waals surface area contributed by atoms with Crippen molar-refractivity contribution < 1.29 is 19.3 Å². The van der Waals surface area contributed by atoms with Gasteiger partial charge in [0.2, 0.25) is 6.79 Å². The average molecular weight is 304 g/mol. The van der Waals surface area contributed by atoms with Gasteiger partial charge in [0.25, 0.3) is 0 Å². The van der Waals surface area contributed by atoms with Gasteiger partial charge in [-0.25, -0.2) is 0 Å². The Labute approximate surface area is 108 Å². The van der Waals surface area contributed by atoms with Gasteiger partial charge in [-0.05, 0) is 29.0 Å². The van der Waals surface area contributed by atoms with Crippen LogP contribution in [0.5, 0.6) is 17.2 Å². The van der Waals surface area contributed by atoms with Gasteiger partial charge < -0.3 is 24.6 Å². The fourth-order valence-electron chi connectivity index (χ4n) is 1.76. The van der Waals surface area contributed by atoms with E-state index in [-0.39, 0.29) is 6.79 Å². The molecule has 2 rings (SSSR count). The van der Waals surface area contributed by atoms with Crippen molar-refractivity contribution in [3.05, 3.63) is 16.1 Å². The minimum atomic E-state index is -0.666. The molecule has 1 aliphatic rings. The van der Waals surface area contributed by atoms with Gasteiger partial charge in [-0.15, -0.1) is 0 Å².